The molecule has 2 N–H and O–H groups in total. The lowest BCUT2D eigenvalue weighted by molar-refractivity contribution is -0.148. The Bertz CT molecular complexity index is 325. The van der Waals surface area contributed by atoms with E-state index >= 15 is 0 Å². The number of ether oxygens (including phenoxy) is 2. The van der Waals surface area contributed by atoms with Crippen molar-refractivity contribution in [2.45, 2.75) is 58.3 Å². The van der Waals surface area contributed by atoms with Crippen LogP contribution in [0.3, 0.4) is 0 Å². The van der Waals surface area contributed by atoms with Crippen molar-refractivity contribution in [2.75, 3.05) is 6.61 Å². The smallest absolute Gasteiger partial charge is 0.412 e. The quantitative estimate of drug-likeness (QED) is 0.753. The van der Waals surface area contributed by atoms with Crippen LogP contribution in [-0.2, 0) is 14.3 Å². The summed E-state index contributed by atoms with van der Waals surface area (Å²) in [6.07, 6.45) is 0.0296. The van der Waals surface area contributed by atoms with Gasteiger partial charge in [0.2, 0.25) is 0 Å². The van der Waals surface area contributed by atoms with Gasteiger partial charge in [0, 0.05) is 0 Å². The molecule has 0 unspecified atom stereocenters. The van der Waals surface area contributed by atoms with Crippen LogP contribution >= 0.6 is 0 Å². The molecule has 104 valence electrons. The molecule has 1 saturated heterocycles. The molecule has 0 aromatic carbocycles. The number of hydrogen-bond donors (Lipinski definition) is 1. The number of hydrogen-bond acceptors (Lipinski definition) is 5. The lowest BCUT2D eigenvalue weighted by Crippen LogP contribution is -2.50. The molecule has 0 radical (unpaired) electrons. The highest BCUT2D eigenvalue weighted by Crippen LogP contribution is 2.24. The first-order chi connectivity index (χ1) is 8.26. The van der Waals surface area contributed by atoms with Crippen molar-refractivity contribution in [3.05, 3.63) is 0 Å². The molecule has 1 heterocycles. The highest BCUT2D eigenvalue weighted by molar-refractivity contribution is 5.82. The van der Waals surface area contributed by atoms with Gasteiger partial charge in [-0.25, -0.2) is 9.59 Å². The molecule has 1 amide bonds. The fraction of sp³-hybridized carbons (Fsp3) is 0.833. The van der Waals surface area contributed by atoms with Gasteiger partial charge in [0.25, 0.3) is 0 Å². The minimum atomic E-state index is -0.630. The van der Waals surface area contributed by atoms with Gasteiger partial charge in [-0.3, -0.25) is 4.90 Å². The third kappa shape index (κ3) is 3.60. The maximum atomic E-state index is 12.0. The van der Waals surface area contributed by atoms with Gasteiger partial charge >= 0.3 is 12.1 Å². The van der Waals surface area contributed by atoms with E-state index in [0.717, 1.165) is 0 Å². The summed E-state index contributed by atoms with van der Waals surface area (Å²) in [4.78, 5) is 25.0. The first-order valence-electron chi connectivity index (χ1n) is 6.19. The van der Waals surface area contributed by atoms with E-state index in [9.17, 15) is 9.59 Å². The fourth-order valence-electron chi connectivity index (χ4n) is 1.89. The molecule has 1 fully saturated rings. The van der Waals surface area contributed by atoms with Crippen molar-refractivity contribution >= 4 is 12.1 Å². The average Bonchev–Trinajstić information content (AvgIpc) is 2.58. The van der Waals surface area contributed by atoms with Gasteiger partial charge in [-0.2, -0.15) is 0 Å². The van der Waals surface area contributed by atoms with Crippen LogP contribution in [0.25, 0.3) is 0 Å². The van der Waals surface area contributed by atoms with Gasteiger partial charge in [0.15, 0.2) is 0 Å². The van der Waals surface area contributed by atoms with E-state index in [-0.39, 0.29) is 6.61 Å². The number of nitrogens with zero attached hydrogens (tertiary/aromatic N) is 1. The highest BCUT2D eigenvalue weighted by atomic mass is 16.6. The van der Waals surface area contributed by atoms with Crippen molar-refractivity contribution < 1.29 is 19.1 Å². The Balaban J connectivity index is 2.76. The van der Waals surface area contributed by atoms with E-state index < -0.39 is 29.9 Å². The van der Waals surface area contributed by atoms with Crippen LogP contribution in [0.4, 0.5) is 4.79 Å². The van der Waals surface area contributed by atoms with E-state index in [0.29, 0.717) is 12.8 Å². The Labute approximate surface area is 107 Å². The topological polar surface area (TPSA) is 81.9 Å². The van der Waals surface area contributed by atoms with E-state index in [1.54, 1.807) is 27.7 Å². The molecule has 0 aliphatic carbocycles. The zero-order valence-electron chi connectivity index (χ0n) is 11.4. The number of nitrogens with two attached hydrogens (primary N) is 1. The first kappa shape index (κ1) is 14.8. The van der Waals surface area contributed by atoms with E-state index in [2.05, 4.69) is 0 Å². The molecule has 6 heteroatoms. The zero-order chi connectivity index (χ0) is 13.9. The Kier molecular flexibility index (Phi) is 4.56. The Morgan fingerprint density at radius 1 is 1.33 bits per heavy atom. The minimum absolute atomic E-state index is 0.284. The number of esters is 1. The van der Waals surface area contributed by atoms with Gasteiger partial charge in [-0.15, -0.1) is 0 Å². The van der Waals surface area contributed by atoms with Crippen LogP contribution < -0.4 is 5.73 Å². The number of carbonyl (C=O) groups excluding carboxylic acids is 2. The Hall–Kier alpha value is -1.30. The van der Waals surface area contributed by atoms with Crippen LogP contribution in [0.2, 0.25) is 0 Å². The summed E-state index contributed by atoms with van der Waals surface area (Å²) in [6.45, 7) is 7.32. The molecule has 0 spiro atoms. The summed E-state index contributed by atoms with van der Waals surface area (Å²) < 4.78 is 10.2. The summed E-state index contributed by atoms with van der Waals surface area (Å²) >= 11 is 0. The second-order valence-corrected chi connectivity index (χ2v) is 5.30. The lowest BCUT2D eigenvalue weighted by atomic mass is 10.2. The molecule has 0 aromatic rings. The maximum Gasteiger partial charge on any atom is 0.412 e. The summed E-state index contributed by atoms with van der Waals surface area (Å²) in [5.41, 5.74) is 5.23. The first-order valence-corrected chi connectivity index (χ1v) is 6.19. The van der Waals surface area contributed by atoms with E-state index in [4.69, 9.17) is 15.2 Å². The predicted molar refractivity (Wildman–Crippen MR) is 65.7 cm³/mol. The summed E-state index contributed by atoms with van der Waals surface area (Å²) in [6, 6.07) is -0.630. The van der Waals surface area contributed by atoms with Gasteiger partial charge in [-0.05, 0) is 40.5 Å². The third-order valence-corrected chi connectivity index (χ3v) is 2.59. The SMILES string of the molecule is CCOC(=O)[C@@H]1CC[C@H](N)N1C(=O)OC(C)(C)C. The largest absolute Gasteiger partial charge is 0.464 e. The molecule has 0 saturated carbocycles. The van der Waals surface area contributed by atoms with Crippen molar-refractivity contribution in [3.63, 3.8) is 0 Å². The van der Waals surface area contributed by atoms with Crippen LogP contribution in [-0.4, -0.2) is 41.4 Å². The normalized spacial score (nSPS) is 23.9. The lowest BCUT2D eigenvalue weighted by Gasteiger charge is -2.30. The molecule has 1 rings (SSSR count). The minimum Gasteiger partial charge on any atom is -0.464 e. The standard InChI is InChI=1S/C12H22N2O4/c1-5-17-10(15)8-6-7-9(13)14(8)11(16)18-12(2,3)4/h8-9H,5-7,13H2,1-4H3/t8-,9+/m0/s1. The van der Waals surface area contributed by atoms with E-state index in [1.807, 2.05) is 0 Å². The summed E-state index contributed by atoms with van der Waals surface area (Å²) in [5, 5.41) is 0. The van der Waals surface area contributed by atoms with Crippen LogP contribution in [0.15, 0.2) is 0 Å². The maximum absolute atomic E-state index is 12.0. The monoisotopic (exact) mass is 258 g/mol. The second kappa shape index (κ2) is 5.56. The summed E-state index contributed by atoms with van der Waals surface area (Å²) in [7, 11) is 0. The Morgan fingerprint density at radius 3 is 2.44 bits per heavy atom. The number of likely N-dealkylation sites (tertiary alicyclic amines) is 1. The Morgan fingerprint density at radius 2 is 1.94 bits per heavy atom. The number of carbonyl (C=O) groups is 2. The third-order valence-electron chi connectivity index (χ3n) is 2.59. The van der Waals surface area contributed by atoms with Gasteiger partial charge in [-0.1, -0.05) is 0 Å². The van der Waals surface area contributed by atoms with Gasteiger partial charge in [0.1, 0.15) is 11.6 Å². The highest BCUT2D eigenvalue weighted by Gasteiger charge is 2.42. The van der Waals surface area contributed by atoms with Crippen molar-refractivity contribution in [1.82, 2.24) is 4.90 Å². The van der Waals surface area contributed by atoms with Crippen molar-refractivity contribution in [2.24, 2.45) is 5.73 Å². The zero-order valence-corrected chi connectivity index (χ0v) is 11.4. The molecular weight excluding hydrogens is 236 g/mol. The number of amides is 1. The molecule has 1 aliphatic heterocycles. The molecule has 2 atom stereocenters. The van der Waals surface area contributed by atoms with Crippen LogP contribution in [0.1, 0.15) is 40.5 Å². The van der Waals surface area contributed by atoms with Crippen molar-refractivity contribution in [1.29, 1.82) is 0 Å². The predicted octanol–water partition coefficient (Wildman–Crippen LogP) is 1.23. The van der Waals surface area contributed by atoms with E-state index in [1.165, 1.54) is 4.90 Å². The average molecular weight is 258 g/mol. The molecule has 6 nitrogen and oxygen atoms in total. The number of rotatable bonds is 2. The van der Waals surface area contributed by atoms with Crippen molar-refractivity contribution in [3.8, 4) is 0 Å². The van der Waals surface area contributed by atoms with Crippen LogP contribution in [0.5, 0.6) is 0 Å². The van der Waals surface area contributed by atoms with Gasteiger partial charge < -0.3 is 15.2 Å². The molecule has 18 heavy (non-hydrogen) atoms. The van der Waals surface area contributed by atoms with Gasteiger partial charge in [0.05, 0.1) is 12.8 Å². The molecule has 1 aliphatic rings. The second-order valence-electron chi connectivity index (χ2n) is 5.30. The molecule has 0 aromatic heterocycles. The fourth-order valence-corrected chi connectivity index (χ4v) is 1.89. The summed E-state index contributed by atoms with van der Waals surface area (Å²) in [5.74, 6) is -0.420. The molecule has 0 bridgehead atoms. The molecular formula is C12H22N2O4. The van der Waals surface area contributed by atoms with Crippen LogP contribution in [0, 0.1) is 0 Å².